The Morgan fingerprint density at radius 1 is 1.57 bits per heavy atom. The van der Waals surface area contributed by atoms with Gasteiger partial charge in [0.15, 0.2) is 5.12 Å². The predicted octanol–water partition coefficient (Wildman–Crippen LogP) is 2.89. The zero-order chi connectivity index (χ0) is 17.4. The van der Waals surface area contributed by atoms with Crippen LogP contribution in [0.3, 0.4) is 0 Å². The molecule has 0 aliphatic heterocycles. The van der Waals surface area contributed by atoms with Crippen LogP contribution in [0.5, 0.6) is 0 Å². The molecule has 0 aliphatic rings. The van der Waals surface area contributed by atoms with E-state index in [1.54, 1.807) is 38.4 Å². The maximum absolute atomic E-state index is 12.5. The molecule has 1 rings (SSSR count). The molecule has 23 heavy (non-hydrogen) atoms. The van der Waals surface area contributed by atoms with E-state index in [-0.39, 0.29) is 16.2 Å². The summed E-state index contributed by atoms with van der Waals surface area (Å²) < 4.78 is 0. The average molecular weight is 355 g/mol. The Morgan fingerprint density at radius 2 is 2.26 bits per heavy atom. The molecule has 2 atom stereocenters. The van der Waals surface area contributed by atoms with Crippen molar-refractivity contribution in [2.75, 3.05) is 6.54 Å². The van der Waals surface area contributed by atoms with Crippen LogP contribution in [0, 0.1) is 5.41 Å². The Hall–Kier alpha value is -1.73. The highest BCUT2D eigenvalue weighted by atomic mass is 35.5. The van der Waals surface area contributed by atoms with Crippen molar-refractivity contribution in [1.29, 1.82) is 5.41 Å². The molecule has 6 nitrogen and oxygen atoms in total. The topological polar surface area (TPSA) is 86.5 Å². The number of thioether (sulfide) groups is 1. The second-order valence-corrected chi connectivity index (χ2v) is 6.58. The summed E-state index contributed by atoms with van der Waals surface area (Å²) in [5.41, 5.74) is 0.602. The Labute approximate surface area is 144 Å². The van der Waals surface area contributed by atoms with Crippen LogP contribution in [0.15, 0.2) is 29.5 Å². The quantitative estimate of drug-likeness (QED) is 0.763. The van der Waals surface area contributed by atoms with Gasteiger partial charge in [-0.15, -0.1) is 0 Å². The number of pyridine rings is 1. The van der Waals surface area contributed by atoms with Gasteiger partial charge in [-0.1, -0.05) is 23.4 Å². The lowest BCUT2D eigenvalue weighted by Gasteiger charge is -2.28. The molecule has 0 aliphatic carbocycles. The summed E-state index contributed by atoms with van der Waals surface area (Å²) in [6, 6.07) is 2.72. The highest BCUT2D eigenvalue weighted by molar-refractivity contribution is 8.14. The van der Waals surface area contributed by atoms with Gasteiger partial charge >= 0.3 is 0 Å². The van der Waals surface area contributed by atoms with Crippen molar-refractivity contribution in [3.8, 4) is 0 Å². The maximum atomic E-state index is 12.5. The number of hydrogen-bond acceptors (Lipinski definition) is 6. The number of amides is 1. The molecule has 124 valence electrons. The van der Waals surface area contributed by atoms with Crippen molar-refractivity contribution in [1.82, 2.24) is 9.88 Å². The molecule has 0 aromatic carbocycles. The minimum absolute atomic E-state index is 0.136. The normalized spacial score (nSPS) is 13.6. The van der Waals surface area contributed by atoms with Crippen LogP contribution < -0.4 is 0 Å². The molecule has 8 heteroatoms. The van der Waals surface area contributed by atoms with E-state index < -0.39 is 11.3 Å². The fraction of sp³-hybridized carbons (Fsp3) is 0.400. The Morgan fingerprint density at radius 3 is 2.74 bits per heavy atom. The molecule has 1 amide bonds. The number of aliphatic imine (C=N–C) groups is 1. The van der Waals surface area contributed by atoms with Gasteiger partial charge in [-0.2, -0.15) is 0 Å². The number of halogens is 1. The standard InChI is InChI=1S/C15H19ClN4O2S/c1-4-20(15(22)10(2)23-11(3)21)13(14(16)17)9-19-12-6-5-7-18-8-12/h5-10,13,17H,4H2,1-3H3. The third-order valence-corrected chi connectivity index (χ3v) is 4.03. The Kier molecular flexibility index (Phi) is 7.91. The number of nitrogens with zero attached hydrogens (tertiary/aromatic N) is 3. The van der Waals surface area contributed by atoms with E-state index in [1.165, 1.54) is 18.0 Å². The highest BCUT2D eigenvalue weighted by Crippen LogP contribution is 2.17. The summed E-state index contributed by atoms with van der Waals surface area (Å²) in [6.07, 6.45) is 4.64. The van der Waals surface area contributed by atoms with Gasteiger partial charge in [-0.3, -0.25) is 25.0 Å². The fourth-order valence-electron chi connectivity index (χ4n) is 1.89. The van der Waals surface area contributed by atoms with Gasteiger partial charge in [-0.25, -0.2) is 0 Å². The summed E-state index contributed by atoms with van der Waals surface area (Å²) in [5.74, 6) is -0.263. The van der Waals surface area contributed by atoms with Crippen LogP contribution in [0.4, 0.5) is 5.69 Å². The molecule has 1 aromatic heterocycles. The average Bonchev–Trinajstić information content (AvgIpc) is 2.50. The van der Waals surface area contributed by atoms with Gasteiger partial charge in [0.2, 0.25) is 5.91 Å². The first kappa shape index (κ1) is 19.3. The number of rotatable bonds is 7. The van der Waals surface area contributed by atoms with Gasteiger partial charge in [0.05, 0.1) is 17.1 Å². The molecule has 0 radical (unpaired) electrons. The van der Waals surface area contributed by atoms with Crippen molar-refractivity contribution < 1.29 is 9.59 Å². The predicted molar refractivity (Wildman–Crippen MR) is 94.9 cm³/mol. The number of aromatic nitrogens is 1. The van der Waals surface area contributed by atoms with E-state index in [9.17, 15) is 9.59 Å². The van der Waals surface area contributed by atoms with Crippen LogP contribution in [0.2, 0.25) is 0 Å². The lowest BCUT2D eigenvalue weighted by Crippen LogP contribution is -2.47. The van der Waals surface area contributed by atoms with E-state index in [0.29, 0.717) is 12.2 Å². The second kappa shape index (κ2) is 9.42. The first-order valence-electron chi connectivity index (χ1n) is 7.02. The molecule has 0 saturated heterocycles. The van der Waals surface area contributed by atoms with E-state index in [1.807, 2.05) is 0 Å². The monoisotopic (exact) mass is 354 g/mol. The first-order valence-corrected chi connectivity index (χ1v) is 8.28. The van der Waals surface area contributed by atoms with Crippen molar-refractivity contribution >= 4 is 51.5 Å². The molecule has 2 unspecified atom stereocenters. The number of carbonyl (C=O) groups excluding carboxylic acids is 2. The number of carbonyl (C=O) groups is 2. The SMILES string of the molecule is CCN(C(=O)C(C)SC(C)=O)C(C=Nc1cccnc1)C(=N)Cl. The zero-order valence-corrected chi connectivity index (χ0v) is 14.8. The summed E-state index contributed by atoms with van der Waals surface area (Å²) in [6.45, 7) is 5.20. The molecule has 1 heterocycles. The summed E-state index contributed by atoms with van der Waals surface area (Å²) >= 11 is 6.80. The van der Waals surface area contributed by atoms with Gasteiger partial charge in [0, 0.05) is 25.9 Å². The van der Waals surface area contributed by atoms with E-state index in [0.717, 1.165) is 11.8 Å². The van der Waals surface area contributed by atoms with Gasteiger partial charge in [-0.05, 0) is 26.0 Å². The minimum Gasteiger partial charge on any atom is -0.327 e. The van der Waals surface area contributed by atoms with Crippen LogP contribution in [-0.2, 0) is 9.59 Å². The molecule has 0 spiro atoms. The van der Waals surface area contributed by atoms with E-state index in [2.05, 4.69) is 9.98 Å². The third kappa shape index (κ3) is 6.11. The summed E-state index contributed by atoms with van der Waals surface area (Å²) in [4.78, 5) is 33.3. The Balaban J connectivity index is 2.96. The zero-order valence-electron chi connectivity index (χ0n) is 13.2. The number of nitrogens with one attached hydrogen (secondary N) is 1. The molecule has 0 fully saturated rings. The van der Waals surface area contributed by atoms with Gasteiger partial charge < -0.3 is 4.90 Å². The maximum Gasteiger partial charge on any atom is 0.236 e. The molecule has 0 saturated carbocycles. The first-order chi connectivity index (χ1) is 10.9. The molecular weight excluding hydrogens is 336 g/mol. The largest absolute Gasteiger partial charge is 0.327 e. The van der Waals surface area contributed by atoms with Crippen molar-refractivity contribution in [2.24, 2.45) is 4.99 Å². The molecular formula is C15H19ClN4O2S. The minimum atomic E-state index is -0.774. The van der Waals surface area contributed by atoms with Crippen LogP contribution in [0.25, 0.3) is 0 Å². The van der Waals surface area contributed by atoms with Crippen molar-refractivity contribution in [2.45, 2.75) is 32.1 Å². The van der Waals surface area contributed by atoms with Crippen LogP contribution in [0.1, 0.15) is 20.8 Å². The van der Waals surface area contributed by atoms with E-state index in [4.69, 9.17) is 17.0 Å². The van der Waals surface area contributed by atoms with Crippen molar-refractivity contribution in [3.05, 3.63) is 24.5 Å². The van der Waals surface area contributed by atoms with Crippen LogP contribution in [-0.4, -0.2) is 50.1 Å². The van der Waals surface area contributed by atoms with Crippen molar-refractivity contribution in [3.63, 3.8) is 0 Å². The number of hydrogen-bond donors (Lipinski definition) is 1. The summed E-state index contributed by atoms with van der Waals surface area (Å²) in [5, 5.41) is 6.82. The van der Waals surface area contributed by atoms with Gasteiger partial charge in [0.25, 0.3) is 0 Å². The lowest BCUT2D eigenvalue weighted by molar-refractivity contribution is -0.130. The second-order valence-electron chi connectivity index (χ2n) is 4.66. The van der Waals surface area contributed by atoms with Gasteiger partial charge in [0.1, 0.15) is 11.2 Å². The summed E-state index contributed by atoms with van der Waals surface area (Å²) in [7, 11) is 0. The molecule has 1 N–H and O–H groups in total. The highest BCUT2D eigenvalue weighted by Gasteiger charge is 2.28. The smallest absolute Gasteiger partial charge is 0.236 e. The lowest BCUT2D eigenvalue weighted by atomic mass is 10.2. The molecule has 1 aromatic rings. The fourth-order valence-corrected chi connectivity index (χ4v) is 2.80. The third-order valence-electron chi connectivity index (χ3n) is 2.92. The Bertz CT molecular complexity index is 594. The van der Waals surface area contributed by atoms with E-state index >= 15 is 0 Å². The molecule has 0 bridgehead atoms. The van der Waals surface area contributed by atoms with Crippen LogP contribution >= 0.6 is 23.4 Å².